The van der Waals surface area contributed by atoms with Crippen LogP contribution in [0.1, 0.15) is 36.8 Å². The van der Waals surface area contributed by atoms with E-state index in [1.807, 2.05) is 4.90 Å². The van der Waals surface area contributed by atoms with Gasteiger partial charge in [0.1, 0.15) is 5.82 Å². The molecule has 150 valence electrons. The van der Waals surface area contributed by atoms with E-state index in [1.54, 1.807) is 12.1 Å². The van der Waals surface area contributed by atoms with E-state index in [9.17, 15) is 17.6 Å². The Hall–Kier alpha value is -1.86. The summed E-state index contributed by atoms with van der Waals surface area (Å²) in [5, 5.41) is 2.97. The second-order valence-electron chi connectivity index (χ2n) is 6.81. The molecule has 0 spiro atoms. The van der Waals surface area contributed by atoms with Gasteiger partial charge in [-0.25, -0.2) is 4.39 Å². The number of rotatable bonds is 4. The normalized spacial score (nSPS) is 14.9. The SMILES string of the molecule is Fc1ccc(CN(C(=S)Nc2ccc(Cl)cc2C(F)(F)F)C2CCCC2)cc1. The van der Waals surface area contributed by atoms with E-state index in [0.29, 0.717) is 6.54 Å². The lowest BCUT2D eigenvalue weighted by Gasteiger charge is -2.32. The molecule has 0 unspecified atom stereocenters. The van der Waals surface area contributed by atoms with Crippen LogP contribution in [0.25, 0.3) is 0 Å². The van der Waals surface area contributed by atoms with Crippen LogP contribution in [0.2, 0.25) is 5.02 Å². The van der Waals surface area contributed by atoms with E-state index >= 15 is 0 Å². The lowest BCUT2D eigenvalue weighted by atomic mass is 10.1. The van der Waals surface area contributed by atoms with Crippen LogP contribution in [-0.2, 0) is 12.7 Å². The summed E-state index contributed by atoms with van der Waals surface area (Å²) < 4.78 is 53.3. The Morgan fingerprint density at radius 3 is 2.36 bits per heavy atom. The van der Waals surface area contributed by atoms with Crippen LogP contribution in [0, 0.1) is 5.82 Å². The van der Waals surface area contributed by atoms with Crippen molar-refractivity contribution < 1.29 is 17.6 Å². The van der Waals surface area contributed by atoms with Gasteiger partial charge in [-0.2, -0.15) is 13.2 Å². The zero-order valence-electron chi connectivity index (χ0n) is 14.9. The highest BCUT2D eigenvalue weighted by atomic mass is 35.5. The number of nitrogens with zero attached hydrogens (tertiary/aromatic N) is 1. The molecule has 3 rings (SSSR count). The zero-order valence-corrected chi connectivity index (χ0v) is 16.5. The molecule has 2 aromatic rings. The molecule has 0 atom stereocenters. The smallest absolute Gasteiger partial charge is 0.342 e. The molecule has 1 aliphatic carbocycles. The van der Waals surface area contributed by atoms with Crippen molar-refractivity contribution in [1.82, 2.24) is 4.90 Å². The number of alkyl halides is 3. The molecule has 0 amide bonds. The number of hydrogen-bond acceptors (Lipinski definition) is 1. The first kappa shape index (κ1) is 20.9. The molecule has 2 nitrogen and oxygen atoms in total. The molecule has 0 saturated heterocycles. The fraction of sp³-hybridized carbons (Fsp3) is 0.350. The minimum Gasteiger partial charge on any atom is -0.342 e. The highest BCUT2D eigenvalue weighted by Gasteiger charge is 2.34. The maximum absolute atomic E-state index is 13.4. The molecule has 2 aromatic carbocycles. The van der Waals surface area contributed by atoms with Crippen LogP contribution in [0.4, 0.5) is 23.2 Å². The summed E-state index contributed by atoms with van der Waals surface area (Å²) >= 11 is 11.2. The fourth-order valence-corrected chi connectivity index (χ4v) is 3.91. The Labute approximate surface area is 171 Å². The molecular formula is C20H19ClF4N2S. The van der Waals surface area contributed by atoms with E-state index in [2.05, 4.69) is 5.32 Å². The third kappa shape index (κ3) is 5.14. The monoisotopic (exact) mass is 430 g/mol. The molecule has 0 radical (unpaired) electrons. The number of halogens is 5. The maximum atomic E-state index is 13.4. The minimum absolute atomic E-state index is 0.00255. The van der Waals surface area contributed by atoms with Gasteiger partial charge in [0.2, 0.25) is 0 Å². The third-order valence-electron chi connectivity index (χ3n) is 4.82. The topological polar surface area (TPSA) is 15.3 Å². The summed E-state index contributed by atoms with van der Waals surface area (Å²) in [6.07, 6.45) is -0.645. The summed E-state index contributed by atoms with van der Waals surface area (Å²) in [6.45, 7) is 0.395. The Bertz CT molecular complexity index is 833. The second kappa shape index (κ2) is 8.66. The van der Waals surface area contributed by atoms with E-state index < -0.39 is 11.7 Å². The predicted molar refractivity (Wildman–Crippen MR) is 107 cm³/mol. The summed E-state index contributed by atoms with van der Waals surface area (Å²) in [6, 6.07) is 9.72. The Morgan fingerprint density at radius 2 is 1.75 bits per heavy atom. The number of hydrogen-bond donors (Lipinski definition) is 1. The Balaban J connectivity index is 1.85. The van der Waals surface area contributed by atoms with E-state index in [4.69, 9.17) is 23.8 Å². The molecule has 0 heterocycles. The quantitative estimate of drug-likeness (QED) is 0.432. The molecule has 1 saturated carbocycles. The van der Waals surface area contributed by atoms with Gasteiger partial charge in [-0.05, 0) is 61.0 Å². The molecule has 0 bridgehead atoms. The standard InChI is InChI=1S/C20H19ClF4N2S/c21-14-7-10-18(17(11-14)20(23,24)25)26-19(28)27(16-3-1-2-4-16)12-13-5-8-15(22)9-6-13/h5-11,16H,1-4,12H2,(H,26,28). The summed E-state index contributed by atoms with van der Waals surface area (Å²) in [5.74, 6) is -0.340. The van der Waals surface area contributed by atoms with Crippen LogP contribution in [0.3, 0.4) is 0 Å². The number of anilines is 1. The van der Waals surface area contributed by atoms with Gasteiger partial charge in [-0.15, -0.1) is 0 Å². The Kier molecular flexibility index (Phi) is 6.45. The fourth-order valence-electron chi connectivity index (χ4n) is 3.42. The first-order chi connectivity index (χ1) is 13.2. The van der Waals surface area contributed by atoms with Crippen LogP contribution >= 0.6 is 23.8 Å². The average molecular weight is 431 g/mol. The highest BCUT2D eigenvalue weighted by Crippen LogP contribution is 2.37. The van der Waals surface area contributed by atoms with Crippen LogP contribution < -0.4 is 5.32 Å². The van der Waals surface area contributed by atoms with Crippen molar-refractivity contribution in [2.75, 3.05) is 5.32 Å². The van der Waals surface area contributed by atoms with Gasteiger partial charge in [0.25, 0.3) is 0 Å². The lowest BCUT2D eigenvalue weighted by molar-refractivity contribution is -0.136. The number of thiocarbonyl (C=S) groups is 1. The summed E-state index contributed by atoms with van der Waals surface area (Å²) in [4.78, 5) is 1.89. The largest absolute Gasteiger partial charge is 0.418 e. The van der Waals surface area contributed by atoms with Crippen LogP contribution in [0.5, 0.6) is 0 Å². The summed E-state index contributed by atoms with van der Waals surface area (Å²) in [5.41, 5.74) is -0.163. The predicted octanol–water partition coefficient (Wildman–Crippen LogP) is 6.64. The van der Waals surface area contributed by atoms with Crippen molar-refractivity contribution >= 4 is 34.6 Å². The number of benzene rings is 2. The zero-order chi connectivity index (χ0) is 20.3. The van der Waals surface area contributed by atoms with Crippen molar-refractivity contribution in [2.24, 2.45) is 0 Å². The molecule has 8 heteroatoms. The van der Waals surface area contributed by atoms with Gasteiger partial charge < -0.3 is 10.2 Å². The van der Waals surface area contributed by atoms with Crippen LogP contribution in [-0.4, -0.2) is 16.1 Å². The van der Waals surface area contributed by atoms with Crippen molar-refractivity contribution in [1.29, 1.82) is 0 Å². The van der Waals surface area contributed by atoms with Gasteiger partial charge >= 0.3 is 6.18 Å². The molecule has 1 fully saturated rings. The van der Waals surface area contributed by atoms with Crippen molar-refractivity contribution in [3.8, 4) is 0 Å². The van der Waals surface area contributed by atoms with Gasteiger partial charge in [0, 0.05) is 17.6 Å². The van der Waals surface area contributed by atoms with E-state index in [-0.39, 0.29) is 27.7 Å². The van der Waals surface area contributed by atoms with E-state index in [1.165, 1.54) is 24.3 Å². The third-order valence-corrected chi connectivity index (χ3v) is 5.39. The van der Waals surface area contributed by atoms with E-state index in [0.717, 1.165) is 37.3 Å². The first-order valence-electron chi connectivity index (χ1n) is 8.93. The molecule has 0 aliphatic heterocycles. The maximum Gasteiger partial charge on any atom is 0.418 e. The van der Waals surface area contributed by atoms with Gasteiger partial charge in [-0.1, -0.05) is 36.6 Å². The molecule has 0 aromatic heterocycles. The second-order valence-corrected chi connectivity index (χ2v) is 7.63. The van der Waals surface area contributed by atoms with Crippen LogP contribution in [0.15, 0.2) is 42.5 Å². The molecular weight excluding hydrogens is 412 g/mol. The van der Waals surface area contributed by atoms with Gasteiger partial charge in [0.15, 0.2) is 5.11 Å². The molecule has 1 N–H and O–H groups in total. The van der Waals surface area contributed by atoms with Crippen molar-refractivity contribution in [2.45, 2.75) is 44.4 Å². The first-order valence-corrected chi connectivity index (χ1v) is 9.71. The molecule has 28 heavy (non-hydrogen) atoms. The molecule has 1 aliphatic rings. The Morgan fingerprint density at radius 1 is 1.11 bits per heavy atom. The average Bonchev–Trinajstić information content (AvgIpc) is 3.16. The van der Waals surface area contributed by atoms with Crippen molar-refractivity contribution in [3.05, 3.63) is 64.4 Å². The van der Waals surface area contributed by atoms with Gasteiger partial charge in [-0.3, -0.25) is 0 Å². The number of nitrogens with one attached hydrogen (secondary N) is 1. The summed E-state index contributed by atoms with van der Waals surface area (Å²) in [7, 11) is 0. The minimum atomic E-state index is -4.56. The lowest BCUT2D eigenvalue weighted by Crippen LogP contribution is -2.41. The highest BCUT2D eigenvalue weighted by molar-refractivity contribution is 7.80. The van der Waals surface area contributed by atoms with Crippen molar-refractivity contribution in [3.63, 3.8) is 0 Å². The van der Waals surface area contributed by atoms with Gasteiger partial charge in [0.05, 0.1) is 11.3 Å².